The molecule has 0 saturated carbocycles. The molecule has 0 aliphatic carbocycles. The molecule has 3 aromatic rings. The minimum Gasteiger partial charge on any atom is -0.378 e. The molecule has 1 aliphatic heterocycles. The minimum absolute atomic E-state index is 0.197. The van der Waals surface area contributed by atoms with Crippen LogP contribution in [0.2, 0.25) is 0 Å². The van der Waals surface area contributed by atoms with Gasteiger partial charge in [0.25, 0.3) is 5.91 Å². The van der Waals surface area contributed by atoms with E-state index in [9.17, 15) is 4.79 Å². The third-order valence-corrected chi connectivity index (χ3v) is 7.30. The summed E-state index contributed by atoms with van der Waals surface area (Å²) in [5.41, 5.74) is 6.41. The number of carbonyl (C=O) groups is 1. The summed E-state index contributed by atoms with van der Waals surface area (Å²) in [4.78, 5) is 21.6. The van der Waals surface area contributed by atoms with Crippen LogP contribution in [0.15, 0.2) is 60.0 Å². The van der Waals surface area contributed by atoms with Crippen LogP contribution in [0.3, 0.4) is 0 Å². The number of hydrazine groups is 1. The molecule has 1 amide bonds. The van der Waals surface area contributed by atoms with Gasteiger partial charge in [-0.2, -0.15) is 0 Å². The molecule has 9 heteroatoms. The Morgan fingerprint density at radius 2 is 1.71 bits per heavy atom. The van der Waals surface area contributed by atoms with E-state index in [1.807, 2.05) is 69.0 Å². The SMILES string of the molecule is CN(C)c1ccc(NC(=S)N2CCC(c3nc(C(=O)NN(C)c4ccccc4)cs3)CC2)cc1. The maximum absolute atomic E-state index is 12.7. The number of nitrogens with zero attached hydrogens (tertiary/aromatic N) is 4. The first-order valence-electron chi connectivity index (χ1n) is 11.3. The number of para-hydroxylation sites is 1. The van der Waals surface area contributed by atoms with Crippen LogP contribution in [-0.2, 0) is 0 Å². The molecule has 0 unspecified atom stereocenters. The van der Waals surface area contributed by atoms with Crippen molar-refractivity contribution in [3.05, 3.63) is 70.7 Å². The fraction of sp³-hybridized carbons (Fsp3) is 0.320. The molecule has 0 bridgehead atoms. The summed E-state index contributed by atoms with van der Waals surface area (Å²) in [6.07, 6.45) is 1.92. The summed E-state index contributed by atoms with van der Waals surface area (Å²) in [6, 6.07) is 18.0. The van der Waals surface area contributed by atoms with Crippen molar-refractivity contribution in [2.24, 2.45) is 0 Å². The monoisotopic (exact) mass is 494 g/mol. The number of thiazole rings is 1. The number of piperidine rings is 1. The number of nitrogens with one attached hydrogen (secondary N) is 2. The van der Waals surface area contributed by atoms with Gasteiger partial charge in [-0.25, -0.2) is 4.98 Å². The van der Waals surface area contributed by atoms with E-state index in [0.29, 0.717) is 11.6 Å². The molecule has 4 rings (SSSR count). The highest BCUT2D eigenvalue weighted by molar-refractivity contribution is 7.80. The zero-order valence-corrected chi connectivity index (χ0v) is 21.3. The first-order valence-corrected chi connectivity index (χ1v) is 12.6. The third-order valence-electron chi connectivity index (χ3n) is 5.93. The highest BCUT2D eigenvalue weighted by atomic mass is 32.1. The second kappa shape index (κ2) is 10.8. The Balaban J connectivity index is 1.28. The molecule has 178 valence electrons. The first-order chi connectivity index (χ1) is 16.4. The van der Waals surface area contributed by atoms with E-state index in [1.54, 1.807) is 16.3 Å². The van der Waals surface area contributed by atoms with Crippen LogP contribution >= 0.6 is 23.6 Å². The van der Waals surface area contributed by atoms with Crippen molar-refractivity contribution in [1.29, 1.82) is 0 Å². The first kappa shape index (κ1) is 24.0. The van der Waals surface area contributed by atoms with E-state index < -0.39 is 0 Å². The summed E-state index contributed by atoms with van der Waals surface area (Å²) in [7, 11) is 5.88. The fourth-order valence-corrected chi connectivity index (χ4v) is 5.15. The van der Waals surface area contributed by atoms with Gasteiger partial charge >= 0.3 is 0 Å². The van der Waals surface area contributed by atoms with Crippen molar-refractivity contribution in [2.75, 3.05) is 49.5 Å². The molecule has 7 nitrogen and oxygen atoms in total. The molecule has 0 atom stereocenters. The average Bonchev–Trinajstić information content (AvgIpc) is 3.35. The molecule has 2 N–H and O–H groups in total. The third kappa shape index (κ3) is 5.84. The van der Waals surface area contributed by atoms with Gasteiger partial charge in [-0.1, -0.05) is 18.2 Å². The van der Waals surface area contributed by atoms with Gasteiger partial charge in [0, 0.05) is 56.9 Å². The number of anilines is 3. The van der Waals surface area contributed by atoms with E-state index in [0.717, 1.165) is 53.1 Å². The average molecular weight is 495 g/mol. The van der Waals surface area contributed by atoms with E-state index in [1.165, 1.54) is 0 Å². The molecule has 1 aromatic heterocycles. The Kier molecular flexibility index (Phi) is 7.64. The zero-order chi connectivity index (χ0) is 24.1. The second-order valence-electron chi connectivity index (χ2n) is 8.54. The largest absolute Gasteiger partial charge is 0.378 e. The molecular formula is C25H30N6OS2. The number of likely N-dealkylation sites (tertiary alicyclic amines) is 1. The van der Waals surface area contributed by atoms with Crippen molar-refractivity contribution in [2.45, 2.75) is 18.8 Å². The molecule has 34 heavy (non-hydrogen) atoms. The predicted molar refractivity (Wildman–Crippen MR) is 145 cm³/mol. The number of carbonyl (C=O) groups excluding carboxylic acids is 1. The second-order valence-corrected chi connectivity index (χ2v) is 9.82. The van der Waals surface area contributed by atoms with E-state index >= 15 is 0 Å². The number of hydrogen-bond donors (Lipinski definition) is 2. The lowest BCUT2D eigenvalue weighted by atomic mass is 9.98. The quantitative estimate of drug-likeness (QED) is 0.385. The fourth-order valence-electron chi connectivity index (χ4n) is 3.88. The van der Waals surface area contributed by atoms with Crippen molar-refractivity contribution in [3.8, 4) is 0 Å². The number of benzene rings is 2. The Morgan fingerprint density at radius 1 is 1.03 bits per heavy atom. The van der Waals surface area contributed by atoms with Crippen LogP contribution in [0.5, 0.6) is 0 Å². The van der Waals surface area contributed by atoms with Gasteiger partial charge in [0.15, 0.2) is 5.11 Å². The number of hydrogen-bond acceptors (Lipinski definition) is 6. The molecule has 1 fully saturated rings. The maximum atomic E-state index is 12.7. The molecule has 2 aromatic carbocycles. The number of amides is 1. The van der Waals surface area contributed by atoms with Crippen molar-refractivity contribution in [3.63, 3.8) is 0 Å². The number of rotatable bonds is 6. The van der Waals surface area contributed by atoms with Crippen LogP contribution in [0.4, 0.5) is 17.1 Å². The van der Waals surface area contributed by atoms with Gasteiger partial charge in [0.1, 0.15) is 5.69 Å². The number of thiocarbonyl (C=S) groups is 1. The van der Waals surface area contributed by atoms with Crippen LogP contribution in [0.25, 0.3) is 0 Å². The normalized spacial score (nSPS) is 13.9. The van der Waals surface area contributed by atoms with Gasteiger partial charge in [0.05, 0.1) is 10.7 Å². The molecule has 1 aliphatic rings. The molecule has 0 radical (unpaired) electrons. The van der Waals surface area contributed by atoms with Gasteiger partial charge in [-0.3, -0.25) is 15.2 Å². The van der Waals surface area contributed by atoms with Gasteiger partial charge < -0.3 is 15.1 Å². The topological polar surface area (TPSA) is 63.7 Å². The van der Waals surface area contributed by atoms with Gasteiger partial charge in [0.2, 0.25) is 0 Å². The summed E-state index contributed by atoms with van der Waals surface area (Å²) in [5, 5.41) is 8.68. The highest BCUT2D eigenvalue weighted by Gasteiger charge is 2.25. The van der Waals surface area contributed by atoms with Crippen LogP contribution in [0, 0.1) is 0 Å². The Labute approximate surface area is 210 Å². The van der Waals surface area contributed by atoms with Crippen molar-refractivity contribution in [1.82, 2.24) is 15.3 Å². The van der Waals surface area contributed by atoms with Crippen molar-refractivity contribution < 1.29 is 4.79 Å². The molecule has 0 spiro atoms. The molecule has 2 heterocycles. The Bertz CT molecular complexity index is 1110. The Morgan fingerprint density at radius 3 is 2.35 bits per heavy atom. The lowest BCUT2D eigenvalue weighted by Gasteiger charge is -2.33. The lowest BCUT2D eigenvalue weighted by Crippen LogP contribution is -2.40. The predicted octanol–water partition coefficient (Wildman–Crippen LogP) is 4.57. The van der Waals surface area contributed by atoms with E-state index in [-0.39, 0.29) is 5.91 Å². The lowest BCUT2D eigenvalue weighted by molar-refractivity contribution is 0.0947. The summed E-state index contributed by atoms with van der Waals surface area (Å²) >= 11 is 7.21. The Hall–Kier alpha value is -3.17. The number of aromatic nitrogens is 1. The van der Waals surface area contributed by atoms with Gasteiger partial charge in [-0.05, 0) is 61.5 Å². The van der Waals surface area contributed by atoms with Crippen LogP contribution in [-0.4, -0.2) is 55.1 Å². The van der Waals surface area contributed by atoms with Crippen LogP contribution in [0.1, 0.15) is 34.3 Å². The summed E-state index contributed by atoms with van der Waals surface area (Å²) in [5.74, 6) is 0.147. The van der Waals surface area contributed by atoms with E-state index in [2.05, 4.69) is 37.7 Å². The highest BCUT2D eigenvalue weighted by Crippen LogP contribution is 2.30. The smallest absolute Gasteiger partial charge is 0.289 e. The molecule has 1 saturated heterocycles. The standard InChI is InChI=1S/C25H30N6OS2/c1-29(2)20-11-9-19(10-12-20)26-25(33)31-15-13-18(14-16-31)24-27-22(17-34-24)23(32)28-30(3)21-7-5-4-6-8-21/h4-12,17-18H,13-16H2,1-3H3,(H,26,33)(H,28,32). The van der Waals surface area contributed by atoms with Gasteiger partial charge in [-0.15, -0.1) is 11.3 Å². The molecular weight excluding hydrogens is 464 g/mol. The maximum Gasteiger partial charge on any atom is 0.289 e. The summed E-state index contributed by atoms with van der Waals surface area (Å²) in [6.45, 7) is 1.73. The zero-order valence-electron chi connectivity index (χ0n) is 19.7. The summed E-state index contributed by atoms with van der Waals surface area (Å²) < 4.78 is 0. The minimum atomic E-state index is -0.197. The van der Waals surface area contributed by atoms with E-state index in [4.69, 9.17) is 12.2 Å². The van der Waals surface area contributed by atoms with Crippen molar-refractivity contribution >= 4 is 51.6 Å². The van der Waals surface area contributed by atoms with Crippen LogP contribution < -0.4 is 20.7 Å².